The zero-order valence-corrected chi connectivity index (χ0v) is 14.4. The summed E-state index contributed by atoms with van der Waals surface area (Å²) in [5, 5.41) is 9.07. The lowest BCUT2D eigenvalue weighted by atomic mass is 10.1. The molecule has 0 saturated carbocycles. The van der Waals surface area contributed by atoms with Crippen LogP contribution in [0.5, 0.6) is 11.5 Å². The molecule has 1 aromatic rings. The van der Waals surface area contributed by atoms with Gasteiger partial charge in [0.1, 0.15) is 11.5 Å². The highest BCUT2D eigenvalue weighted by Crippen LogP contribution is 2.33. The molecule has 0 aliphatic heterocycles. The van der Waals surface area contributed by atoms with E-state index in [4.69, 9.17) is 14.6 Å². The molecular formula is C15H22BrNO4. The Bertz CT molecular complexity index is 493. The van der Waals surface area contributed by atoms with E-state index in [9.17, 15) is 4.79 Å². The second-order valence-electron chi connectivity index (χ2n) is 4.85. The SMILES string of the molecule is CCC(C)N(CC(=O)O)Cc1cc(OC)c(Br)cc1OC. The molecule has 0 bridgehead atoms. The van der Waals surface area contributed by atoms with Gasteiger partial charge in [-0.15, -0.1) is 0 Å². The van der Waals surface area contributed by atoms with Crippen LogP contribution in [-0.2, 0) is 11.3 Å². The van der Waals surface area contributed by atoms with Gasteiger partial charge in [-0.05, 0) is 41.4 Å². The van der Waals surface area contributed by atoms with Crippen LogP contribution in [0.25, 0.3) is 0 Å². The quantitative estimate of drug-likeness (QED) is 0.772. The van der Waals surface area contributed by atoms with Gasteiger partial charge in [-0.3, -0.25) is 9.69 Å². The molecule has 0 aliphatic rings. The van der Waals surface area contributed by atoms with Gasteiger partial charge in [-0.2, -0.15) is 0 Å². The Kier molecular flexibility index (Phi) is 6.98. The highest BCUT2D eigenvalue weighted by molar-refractivity contribution is 9.10. The fourth-order valence-electron chi connectivity index (χ4n) is 2.07. The first-order chi connectivity index (χ1) is 9.92. The molecule has 0 spiro atoms. The van der Waals surface area contributed by atoms with Crippen LogP contribution in [0.3, 0.4) is 0 Å². The standard InChI is InChI=1S/C15H22BrNO4/c1-5-10(2)17(9-15(18)19)8-11-6-14(21-4)12(16)7-13(11)20-3/h6-7,10H,5,8-9H2,1-4H3,(H,18,19). The van der Waals surface area contributed by atoms with Gasteiger partial charge in [0.25, 0.3) is 0 Å². The minimum absolute atomic E-state index is 0.00343. The van der Waals surface area contributed by atoms with Crippen molar-refractivity contribution in [2.45, 2.75) is 32.9 Å². The molecule has 21 heavy (non-hydrogen) atoms. The molecule has 0 heterocycles. The van der Waals surface area contributed by atoms with Gasteiger partial charge >= 0.3 is 5.97 Å². The first-order valence-electron chi connectivity index (χ1n) is 6.79. The number of carboxylic acids is 1. The molecule has 0 saturated heterocycles. The van der Waals surface area contributed by atoms with Crippen molar-refractivity contribution in [1.82, 2.24) is 4.90 Å². The average Bonchev–Trinajstić information content (AvgIpc) is 2.46. The molecular weight excluding hydrogens is 338 g/mol. The van der Waals surface area contributed by atoms with Crippen molar-refractivity contribution in [2.75, 3.05) is 20.8 Å². The van der Waals surface area contributed by atoms with Crippen LogP contribution in [0.1, 0.15) is 25.8 Å². The molecule has 1 N–H and O–H groups in total. The van der Waals surface area contributed by atoms with Crippen molar-refractivity contribution >= 4 is 21.9 Å². The predicted octanol–water partition coefficient (Wildman–Crippen LogP) is 3.15. The molecule has 1 atom stereocenters. The number of carbonyl (C=O) groups is 1. The maximum atomic E-state index is 11.0. The molecule has 5 nitrogen and oxygen atoms in total. The van der Waals surface area contributed by atoms with Crippen molar-refractivity contribution in [3.63, 3.8) is 0 Å². The molecule has 0 fully saturated rings. The largest absolute Gasteiger partial charge is 0.496 e. The topological polar surface area (TPSA) is 59.0 Å². The Morgan fingerprint density at radius 2 is 1.95 bits per heavy atom. The predicted molar refractivity (Wildman–Crippen MR) is 85.0 cm³/mol. The molecule has 1 unspecified atom stereocenters. The maximum Gasteiger partial charge on any atom is 0.317 e. The summed E-state index contributed by atoms with van der Waals surface area (Å²) < 4.78 is 11.5. The molecule has 1 rings (SSSR count). The lowest BCUT2D eigenvalue weighted by Gasteiger charge is -2.27. The van der Waals surface area contributed by atoms with E-state index in [0.717, 1.165) is 16.5 Å². The van der Waals surface area contributed by atoms with E-state index < -0.39 is 5.97 Å². The molecule has 0 amide bonds. The monoisotopic (exact) mass is 359 g/mol. The molecule has 0 radical (unpaired) electrons. The lowest BCUT2D eigenvalue weighted by molar-refractivity contribution is -0.139. The summed E-state index contributed by atoms with van der Waals surface area (Å²) in [4.78, 5) is 13.0. The van der Waals surface area contributed by atoms with Gasteiger partial charge in [0.05, 0.1) is 25.2 Å². The Hall–Kier alpha value is -1.27. The third-order valence-corrected chi connectivity index (χ3v) is 4.10. The maximum absolute atomic E-state index is 11.0. The van der Waals surface area contributed by atoms with Crippen LogP contribution in [0.4, 0.5) is 0 Å². The number of aliphatic carboxylic acids is 1. The van der Waals surface area contributed by atoms with Gasteiger partial charge in [-0.1, -0.05) is 6.92 Å². The zero-order valence-electron chi connectivity index (χ0n) is 12.9. The van der Waals surface area contributed by atoms with E-state index in [2.05, 4.69) is 15.9 Å². The number of hydrogen-bond donors (Lipinski definition) is 1. The van der Waals surface area contributed by atoms with Gasteiger partial charge in [0.15, 0.2) is 0 Å². The number of halogens is 1. The van der Waals surface area contributed by atoms with Crippen molar-refractivity contribution in [2.24, 2.45) is 0 Å². The summed E-state index contributed by atoms with van der Waals surface area (Å²) in [6.07, 6.45) is 0.878. The first-order valence-corrected chi connectivity index (χ1v) is 7.58. The average molecular weight is 360 g/mol. The van der Waals surface area contributed by atoms with E-state index in [-0.39, 0.29) is 12.6 Å². The van der Waals surface area contributed by atoms with Crippen molar-refractivity contribution in [3.05, 3.63) is 22.2 Å². The normalized spacial score (nSPS) is 12.3. The number of nitrogens with zero attached hydrogens (tertiary/aromatic N) is 1. The molecule has 6 heteroatoms. The first kappa shape index (κ1) is 17.8. The van der Waals surface area contributed by atoms with Crippen LogP contribution < -0.4 is 9.47 Å². The van der Waals surface area contributed by atoms with E-state index >= 15 is 0 Å². The van der Waals surface area contributed by atoms with Gasteiger partial charge in [-0.25, -0.2) is 0 Å². The minimum atomic E-state index is -0.835. The number of carboxylic acid groups (broad SMARTS) is 1. The highest BCUT2D eigenvalue weighted by atomic mass is 79.9. The smallest absolute Gasteiger partial charge is 0.317 e. The van der Waals surface area contributed by atoms with Gasteiger partial charge in [0, 0.05) is 18.2 Å². The summed E-state index contributed by atoms with van der Waals surface area (Å²) in [7, 11) is 3.20. The second-order valence-corrected chi connectivity index (χ2v) is 5.71. The number of benzene rings is 1. The number of methoxy groups -OCH3 is 2. The Morgan fingerprint density at radius 3 is 2.43 bits per heavy atom. The van der Waals surface area contributed by atoms with Crippen molar-refractivity contribution in [3.8, 4) is 11.5 Å². The molecule has 0 aliphatic carbocycles. The van der Waals surface area contributed by atoms with E-state index in [0.29, 0.717) is 18.0 Å². The van der Waals surface area contributed by atoms with Crippen LogP contribution in [0.15, 0.2) is 16.6 Å². The van der Waals surface area contributed by atoms with Crippen LogP contribution in [-0.4, -0.2) is 42.8 Å². The summed E-state index contributed by atoms with van der Waals surface area (Å²) in [6, 6.07) is 3.88. The fraction of sp³-hybridized carbons (Fsp3) is 0.533. The zero-order chi connectivity index (χ0) is 16.0. The van der Waals surface area contributed by atoms with E-state index in [1.54, 1.807) is 14.2 Å². The molecule has 118 valence electrons. The van der Waals surface area contributed by atoms with E-state index in [1.807, 2.05) is 30.9 Å². The van der Waals surface area contributed by atoms with Crippen LogP contribution in [0, 0.1) is 0 Å². The summed E-state index contributed by atoms with van der Waals surface area (Å²) in [6.45, 7) is 4.55. The third kappa shape index (κ3) is 4.89. The molecule has 1 aromatic carbocycles. The second kappa shape index (κ2) is 8.24. The van der Waals surface area contributed by atoms with Gasteiger partial charge in [0.2, 0.25) is 0 Å². The minimum Gasteiger partial charge on any atom is -0.496 e. The molecule has 0 aromatic heterocycles. The Balaban J connectivity index is 3.09. The number of ether oxygens (including phenoxy) is 2. The summed E-state index contributed by atoms with van der Waals surface area (Å²) in [5.41, 5.74) is 0.902. The Morgan fingerprint density at radius 1 is 1.33 bits per heavy atom. The summed E-state index contributed by atoms with van der Waals surface area (Å²) in [5.74, 6) is 0.574. The Labute approximate surface area is 134 Å². The summed E-state index contributed by atoms with van der Waals surface area (Å²) >= 11 is 3.42. The highest BCUT2D eigenvalue weighted by Gasteiger charge is 2.19. The number of hydrogen-bond acceptors (Lipinski definition) is 4. The van der Waals surface area contributed by atoms with Crippen LogP contribution >= 0.6 is 15.9 Å². The van der Waals surface area contributed by atoms with Crippen molar-refractivity contribution in [1.29, 1.82) is 0 Å². The van der Waals surface area contributed by atoms with E-state index in [1.165, 1.54) is 0 Å². The van der Waals surface area contributed by atoms with Crippen molar-refractivity contribution < 1.29 is 19.4 Å². The third-order valence-electron chi connectivity index (χ3n) is 3.48. The lowest BCUT2D eigenvalue weighted by Crippen LogP contribution is -2.36. The fourth-order valence-corrected chi connectivity index (χ4v) is 2.55. The number of rotatable bonds is 8. The van der Waals surface area contributed by atoms with Crippen LogP contribution in [0.2, 0.25) is 0 Å². The van der Waals surface area contributed by atoms with Gasteiger partial charge < -0.3 is 14.6 Å².